The van der Waals surface area contributed by atoms with E-state index in [0.29, 0.717) is 28.4 Å². The predicted octanol–water partition coefficient (Wildman–Crippen LogP) is 5.93. The van der Waals surface area contributed by atoms with Crippen LogP contribution in [0.2, 0.25) is 0 Å². The first-order valence-corrected chi connectivity index (χ1v) is 10.8. The smallest absolute Gasteiger partial charge is 0.225 e. The second-order valence-corrected chi connectivity index (χ2v) is 8.52. The molecular formula is C22H17FN2O2S2. The van der Waals surface area contributed by atoms with Crippen LogP contribution in [0.5, 0.6) is 5.75 Å². The number of thioether (sulfide) groups is 1. The number of nitrogens with one attached hydrogen (secondary N) is 1. The van der Waals surface area contributed by atoms with Crippen LogP contribution >= 0.6 is 23.1 Å². The van der Waals surface area contributed by atoms with E-state index in [1.54, 1.807) is 30.3 Å². The van der Waals surface area contributed by atoms with Gasteiger partial charge in [-0.25, -0.2) is 9.37 Å². The maximum absolute atomic E-state index is 12.9. The molecule has 1 aromatic heterocycles. The summed E-state index contributed by atoms with van der Waals surface area (Å²) in [4.78, 5) is 17.8. The maximum Gasteiger partial charge on any atom is 0.225 e. The summed E-state index contributed by atoms with van der Waals surface area (Å²) in [7, 11) is 0. The lowest BCUT2D eigenvalue weighted by atomic mass is 10.2. The Bertz CT molecular complexity index is 1130. The van der Waals surface area contributed by atoms with Crippen LogP contribution in [0.15, 0.2) is 71.6 Å². The number of fused-ring (bicyclic) bond motifs is 1. The largest absolute Gasteiger partial charge is 0.507 e. The van der Waals surface area contributed by atoms with Gasteiger partial charge in [-0.3, -0.25) is 4.79 Å². The number of phenolic OH excluding ortho intramolecular Hbond substituents is 1. The number of benzene rings is 3. The molecule has 0 atom stereocenters. The number of phenols is 1. The number of hydrogen-bond donors (Lipinski definition) is 2. The summed E-state index contributed by atoms with van der Waals surface area (Å²) >= 11 is 2.99. The van der Waals surface area contributed by atoms with E-state index in [0.717, 1.165) is 15.1 Å². The third kappa shape index (κ3) is 4.75. The SMILES string of the molecule is O=C(CCSc1ccc(F)cc1)Nc1ccc(O)c(-c2nc3ccccc3s2)c1. The van der Waals surface area contributed by atoms with E-state index in [4.69, 9.17) is 0 Å². The Kier molecular flexibility index (Phi) is 5.78. The Hall–Kier alpha value is -2.90. The lowest BCUT2D eigenvalue weighted by Crippen LogP contribution is -2.12. The molecular weight excluding hydrogens is 407 g/mol. The van der Waals surface area contributed by atoms with E-state index >= 15 is 0 Å². The molecule has 1 heterocycles. The number of amides is 1. The second kappa shape index (κ2) is 8.63. The molecule has 0 aliphatic rings. The molecule has 0 fully saturated rings. The van der Waals surface area contributed by atoms with Crippen molar-refractivity contribution in [2.75, 3.05) is 11.1 Å². The zero-order valence-corrected chi connectivity index (χ0v) is 16.9. The van der Waals surface area contributed by atoms with Gasteiger partial charge in [0.25, 0.3) is 0 Å². The Morgan fingerprint density at radius 3 is 2.69 bits per heavy atom. The fourth-order valence-electron chi connectivity index (χ4n) is 2.79. The lowest BCUT2D eigenvalue weighted by Gasteiger charge is -2.08. The normalized spacial score (nSPS) is 10.9. The average molecular weight is 425 g/mol. The van der Waals surface area contributed by atoms with E-state index in [2.05, 4.69) is 10.3 Å². The van der Waals surface area contributed by atoms with Crippen molar-refractivity contribution in [2.45, 2.75) is 11.3 Å². The Morgan fingerprint density at radius 2 is 1.90 bits per heavy atom. The summed E-state index contributed by atoms with van der Waals surface area (Å²) in [6, 6.07) is 18.9. The Labute approximate surface area is 175 Å². The van der Waals surface area contributed by atoms with Gasteiger partial charge in [0.1, 0.15) is 16.6 Å². The van der Waals surface area contributed by atoms with Crippen molar-refractivity contribution in [1.82, 2.24) is 4.98 Å². The van der Waals surface area contributed by atoms with Gasteiger partial charge in [0.05, 0.1) is 15.8 Å². The molecule has 0 spiro atoms. The van der Waals surface area contributed by atoms with Crippen molar-refractivity contribution < 1.29 is 14.3 Å². The number of thiazole rings is 1. The minimum absolute atomic E-state index is 0.119. The van der Waals surface area contributed by atoms with E-state index < -0.39 is 0 Å². The third-order valence-electron chi connectivity index (χ3n) is 4.22. The number of nitrogens with zero attached hydrogens (tertiary/aromatic N) is 1. The number of anilines is 1. The molecule has 0 aliphatic heterocycles. The molecule has 146 valence electrons. The molecule has 0 radical (unpaired) electrons. The quantitative estimate of drug-likeness (QED) is 0.297. The summed E-state index contributed by atoms with van der Waals surface area (Å²) in [6.07, 6.45) is 0.319. The van der Waals surface area contributed by atoms with Gasteiger partial charge in [-0.2, -0.15) is 0 Å². The molecule has 0 bridgehead atoms. The minimum Gasteiger partial charge on any atom is -0.507 e. The van der Waals surface area contributed by atoms with Gasteiger partial charge in [0.2, 0.25) is 5.91 Å². The number of halogens is 1. The van der Waals surface area contributed by atoms with Crippen LogP contribution in [-0.2, 0) is 4.79 Å². The van der Waals surface area contributed by atoms with Crippen molar-refractivity contribution in [2.24, 2.45) is 0 Å². The van der Waals surface area contributed by atoms with Gasteiger partial charge in [-0.1, -0.05) is 12.1 Å². The molecule has 4 rings (SSSR count). The topological polar surface area (TPSA) is 62.2 Å². The molecule has 0 saturated heterocycles. The van der Waals surface area contributed by atoms with Gasteiger partial charge in [0.15, 0.2) is 0 Å². The first-order chi connectivity index (χ1) is 14.1. The fraction of sp³-hybridized carbons (Fsp3) is 0.0909. The van der Waals surface area contributed by atoms with Crippen LogP contribution in [0.1, 0.15) is 6.42 Å². The molecule has 4 nitrogen and oxygen atoms in total. The van der Waals surface area contributed by atoms with E-state index in [-0.39, 0.29) is 17.5 Å². The molecule has 0 unspecified atom stereocenters. The summed E-state index contributed by atoms with van der Waals surface area (Å²) in [5.41, 5.74) is 2.07. The fourth-order valence-corrected chi connectivity index (χ4v) is 4.63. The average Bonchev–Trinajstić information content (AvgIpc) is 3.15. The van der Waals surface area contributed by atoms with Crippen LogP contribution in [0.4, 0.5) is 10.1 Å². The molecule has 0 saturated carbocycles. The van der Waals surface area contributed by atoms with Crippen molar-refractivity contribution in [3.63, 3.8) is 0 Å². The second-order valence-electron chi connectivity index (χ2n) is 6.32. The predicted molar refractivity (Wildman–Crippen MR) is 117 cm³/mol. The highest BCUT2D eigenvalue weighted by molar-refractivity contribution is 7.99. The molecule has 3 aromatic carbocycles. The van der Waals surface area contributed by atoms with Crippen LogP contribution in [0.25, 0.3) is 20.8 Å². The lowest BCUT2D eigenvalue weighted by molar-refractivity contribution is -0.115. The summed E-state index contributed by atoms with van der Waals surface area (Å²) in [5.74, 6) is 0.304. The number of aromatic nitrogens is 1. The number of carbonyl (C=O) groups excluding carboxylic acids is 1. The minimum atomic E-state index is -0.275. The molecule has 29 heavy (non-hydrogen) atoms. The third-order valence-corrected chi connectivity index (χ3v) is 6.30. The maximum atomic E-state index is 12.9. The molecule has 0 aliphatic carbocycles. The number of rotatable bonds is 6. The van der Waals surface area contributed by atoms with Gasteiger partial charge in [-0.15, -0.1) is 23.1 Å². The van der Waals surface area contributed by atoms with Gasteiger partial charge in [-0.05, 0) is 54.6 Å². The van der Waals surface area contributed by atoms with E-state index in [9.17, 15) is 14.3 Å². The van der Waals surface area contributed by atoms with Crippen molar-refractivity contribution >= 4 is 44.9 Å². The summed E-state index contributed by atoms with van der Waals surface area (Å²) < 4.78 is 14.0. The number of para-hydroxylation sites is 1. The number of carbonyl (C=O) groups is 1. The number of aromatic hydroxyl groups is 1. The Morgan fingerprint density at radius 1 is 1.10 bits per heavy atom. The zero-order valence-electron chi connectivity index (χ0n) is 15.3. The summed E-state index contributed by atoms with van der Waals surface area (Å²) in [6.45, 7) is 0. The first-order valence-electron chi connectivity index (χ1n) is 8.96. The van der Waals surface area contributed by atoms with Crippen molar-refractivity contribution in [1.29, 1.82) is 0 Å². The van der Waals surface area contributed by atoms with Gasteiger partial charge in [0, 0.05) is 22.8 Å². The highest BCUT2D eigenvalue weighted by Gasteiger charge is 2.12. The van der Waals surface area contributed by atoms with Crippen LogP contribution in [0.3, 0.4) is 0 Å². The molecule has 1 amide bonds. The van der Waals surface area contributed by atoms with Crippen molar-refractivity contribution in [3.05, 3.63) is 72.5 Å². The zero-order chi connectivity index (χ0) is 20.2. The van der Waals surface area contributed by atoms with Crippen LogP contribution < -0.4 is 5.32 Å². The Balaban J connectivity index is 1.41. The number of hydrogen-bond acceptors (Lipinski definition) is 5. The standard InChI is InChI=1S/C22H17FN2O2S2/c23-14-5-8-16(9-6-14)28-12-11-21(27)24-15-7-10-19(26)17(13-15)22-25-18-3-1-2-4-20(18)29-22/h1-10,13,26H,11-12H2,(H,24,27). The molecule has 7 heteroatoms. The van der Waals surface area contributed by atoms with Crippen LogP contribution in [0, 0.1) is 5.82 Å². The van der Waals surface area contributed by atoms with Gasteiger partial charge < -0.3 is 10.4 Å². The van der Waals surface area contributed by atoms with E-state index in [1.165, 1.54) is 35.2 Å². The monoisotopic (exact) mass is 424 g/mol. The first kappa shape index (κ1) is 19.4. The highest BCUT2D eigenvalue weighted by atomic mass is 32.2. The molecule has 4 aromatic rings. The van der Waals surface area contributed by atoms with Crippen LogP contribution in [-0.4, -0.2) is 21.8 Å². The van der Waals surface area contributed by atoms with E-state index in [1.807, 2.05) is 24.3 Å². The highest BCUT2D eigenvalue weighted by Crippen LogP contribution is 2.36. The van der Waals surface area contributed by atoms with Crippen molar-refractivity contribution in [3.8, 4) is 16.3 Å². The van der Waals surface area contributed by atoms with Gasteiger partial charge >= 0.3 is 0 Å². The summed E-state index contributed by atoms with van der Waals surface area (Å²) in [5, 5.41) is 13.8. The molecule has 2 N–H and O–H groups in total.